The molecule has 0 aromatic heterocycles. The molecule has 1 aliphatic heterocycles. The molecule has 1 fully saturated rings. The van der Waals surface area contributed by atoms with Gasteiger partial charge in [-0.05, 0) is 30.6 Å². The molecule has 0 unspecified atom stereocenters. The first-order chi connectivity index (χ1) is 10.9. The highest BCUT2D eigenvalue weighted by atomic mass is 35.5. The van der Waals surface area contributed by atoms with E-state index in [1.54, 1.807) is 16.7 Å². The number of thioether (sulfide) groups is 1. The van der Waals surface area contributed by atoms with E-state index in [4.69, 9.17) is 33.7 Å². The molecular formula is C15H19Cl2FN2O2S. The van der Waals surface area contributed by atoms with Crippen LogP contribution in [0.5, 0.6) is 0 Å². The summed E-state index contributed by atoms with van der Waals surface area (Å²) in [6.45, 7) is 1.12. The molecule has 1 amide bonds. The van der Waals surface area contributed by atoms with Crippen LogP contribution >= 0.6 is 35.0 Å². The quantitative estimate of drug-likeness (QED) is 0.797. The average Bonchev–Trinajstić information content (AvgIpc) is 2.55. The van der Waals surface area contributed by atoms with Crippen LogP contribution in [-0.2, 0) is 9.53 Å². The molecule has 8 heteroatoms. The van der Waals surface area contributed by atoms with E-state index in [-0.39, 0.29) is 10.9 Å². The summed E-state index contributed by atoms with van der Waals surface area (Å²) in [7, 11) is 0. The number of ether oxygens (including phenoxy) is 1. The SMILES string of the molecule is CSCC[C@@H](N)C(=O)N1CCO[C@H](c2cc(F)c(Cl)cc2Cl)C1. The number of nitrogens with two attached hydrogens (primary N) is 1. The third kappa shape index (κ3) is 4.73. The molecule has 1 aromatic rings. The van der Waals surface area contributed by atoms with Gasteiger partial charge >= 0.3 is 0 Å². The number of amides is 1. The van der Waals surface area contributed by atoms with Crippen molar-refractivity contribution in [2.24, 2.45) is 5.73 Å². The van der Waals surface area contributed by atoms with Crippen LogP contribution in [0.15, 0.2) is 12.1 Å². The van der Waals surface area contributed by atoms with Crippen molar-refractivity contribution in [3.8, 4) is 0 Å². The van der Waals surface area contributed by atoms with E-state index in [1.807, 2.05) is 6.26 Å². The molecule has 1 aliphatic rings. The molecule has 1 heterocycles. The van der Waals surface area contributed by atoms with Crippen molar-refractivity contribution in [1.29, 1.82) is 0 Å². The van der Waals surface area contributed by atoms with Gasteiger partial charge in [-0.15, -0.1) is 0 Å². The lowest BCUT2D eigenvalue weighted by molar-refractivity contribution is -0.140. The summed E-state index contributed by atoms with van der Waals surface area (Å²) >= 11 is 13.5. The Labute approximate surface area is 149 Å². The summed E-state index contributed by atoms with van der Waals surface area (Å²) in [5, 5.41) is 0.281. The topological polar surface area (TPSA) is 55.6 Å². The Morgan fingerprint density at radius 2 is 2.26 bits per heavy atom. The Morgan fingerprint density at radius 3 is 2.96 bits per heavy atom. The van der Waals surface area contributed by atoms with Crippen LogP contribution in [0.2, 0.25) is 10.0 Å². The van der Waals surface area contributed by atoms with Gasteiger partial charge in [-0.1, -0.05) is 23.2 Å². The molecule has 0 aliphatic carbocycles. The molecule has 1 aromatic carbocycles. The standard InChI is InChI=1S/C15H19Cl2FN2O2S/c1-23-5-2-13(19)15(21)20-3-4-22-14(8-20)9-6-12(18)11(17)7-10(9)16/h6-7,13-14H,2-5,8,19H2,1H3/t13-,14+/m1/s1. The van der Waals surface area contributed by atoms with E-state index in [9.17, 15) is 9.18 Å². The van der Waals surface area contributed by atoms with Gasteiger partial charge in [0.2, 0.25) is 5.91 Å². The molecule has 1 saturated heterocycles. The third-order valence-electron chi connectivity index (χ3n) is 3.71. The fraction of sp³-hybridized carbons (Fsp3) is 0.533. The fourth-order valence-corrected chi connectivity index (χ4v) is 3.42. The summed E-state index contributed by atoms with van der Waals surface area (Å²) in [6, 6.07) is 2.08. The molecule has 2 N–H and O–H groups in total. The van der Waals surface area contributed by atoms with Crippen LogP contribution in [0.4, 0.5) is 4.39 Å². The van der Waals surface area contributed by atoms with Crippen molar-refractivity contribution in [3.05, 3.63) is 33.6 Å². The van der Waals surface area contributed by atoms with Crippen LogP contribution in [0.1, 0.15) is 18.1 Å². The van der Waals surface area contributed by atoms with Gasteiger partial charge in [0, 0.05) is 17.1 Å². The Bertz CT molecular complexity index is 577. The monoisotopic (exact) mass is 380 g/mol. The van der Waals surface area contributed by atoms with Crippen LogP contribution in [0.25, 0.3) is 0 Å². The van der Waals surface area contributed by atoms with E-state index in [0.29, 0.717) is 36.7 Å². The predicted molar refractivity (Wildman–Crippen MR) is 92.7 cm³/mol. The van der Waals surface area contributed by atoms with Crippen molar-refractivity contribution in [2.45, 2.75) is 18.6 Å². The minimum absolute atomic E-state index is 0.0402. The zero-order valence-corrected chi connectivity index (χ0v) is 15.1. The van der Waals surface area contributed by atoms with Crippen molar-refractivity contribution in [2.75, 3.05) is 31.7 Å². The number of nitrogens with zero attached hydrogens (tertiary/aromatic N) is 1. The summed E-state index contributed by atoms with van der Waals surface area (Å²) in [5.74, 6) is 0.155. The molecule has 128 valence electrons. The number of carbonyl (C=O) groups is 1. The molecule has 0 saturated carbocycles. The minimum Gasteiger partial charge on any atom is -0.370 e. The van der Waals surface area contributed by atoms with E-state index in [2.05, 4.69) is 0 Å². The van der Waals surface area contributed by atoms with E-state index in [1.165, 1.54) is 12.1 Å². The highest BCUT2D eigenvalue weighted by molar-refractivity contribution is 7.98. The van der Waals surface area contributed by atoms with E-state index >= 15 is 0 Å². The minimum atomic E-state index is -0.560. The van der Waals surface area contributed by atoms with Gasteiger partial charge in [0.15, 0.2) is 0 Å². The number of hydrogen-bond acceptors (Lipinski definition) is 4. The number of carbonyl (C=O) groups excluding carboxylic acids is 1. The van der Waals surface area contributed by atoms with Gasteiger partial charge in [-0.25, -0.2) is 4.39 Å². The van der Waals surface area contributed by atoms with Gasteiger partial charge in [-0.3, -0.25) is 4.79 Å². The summed E-state index contributed by atoms with van der Waals surface area (Å²) in [6.07, 6.45) is 2.11. The zero-order chi connectivity index (χ0) is 17.0. The molecular weight excluding hydrogens is 362 g/mol. The second-order valence-corrected chi connectivity index (χ2v) is 7.12. The van der Waals surface area contributed by atoms with Gasteiger partial charge in [0.25, 0.3) is 0 Å². The van der Waals surface area contributed by atoms with Crippen molar-refractivity contribution in [1.82, 2.24) is 4.90 Å². The van der Waals surface area contributed by atoms with Gasteiger partial charge in [0.1, 0.15) is 11.9 Å². The first kappa shape index (κ1) is 18.8. The van der Waals surface area contributed by atoms with Crippen molar-refractivity contribution >= 4 is 40.9 Å². The fourth-order valence-electron chi connectivity index (χ4n) is 2.43. The maximum atomic E-state index is 13.7. The third-order valence-corrected chi connectivity index (χ3v) is 4.98. The van der Waals surface area contributed by atoms with Crippen LogP contribution in [-0.4, -0.2) is 48.6 Å². The van der Waals surface area contributed by atoms with Gasteiger partial charge in [-0.2, -0.15) is 11.8 Å². The number of morpholine rings is 1. The van der Waals surface area contributed by atoms with Crippen molar-refractivity contribution < 1.29 is 13.9 Å². The molecule has 23 heavy (non-hydrogen) atoms. The average molecular weight is 381 g/mol. The predicted octanol–water partition coefficient (Wildman–Crippen LogP) is 3.11. The lowest BCUT2D eigenvalue weighted by Crippen LogP contribution is -2.49. The van der Waals surface area contributed by atoms with Crippen LogP contribution < -0.4 is 5.73 Å². The second-order valence-electron chi connectivity index (χ2n) is 5.32. The Kier molecular flexibility index (Phi) is 6.98. The summed E-state index contributed by atoms with van der Waals surface area (Å²) < 4.78 is 19.3. The maximum Gasteiger partial charge on any atom is 0.239 e. The lowest BCUT2D eigenvalue weighted by atomic mass is 10.1. The largest absolute Gasteiger partial charge is 0.370 e. The summed E-state index contributed by atoms with van der Waals surface area (Å²) in [5.41, 5.74) is 6.43. The number of hydrogen-bond donors (Lipinski definition) is 1. The molecule has 0 spiro atoms. The number of halogens is 3. The molecule has 4 nitrogen and oxygen atoms in total. The first-order valence-electron chi connectivity index (χ1n) is 7.23. The molecule has 0 radical (unpaired) electrons. The first-order valence-corrected chi connectivity index (χ1v) is 9.38. The lowest BCUT2D eigenvalue weighted by Gasteiger charge is -2.35. The number of rotatable bonds is 5. The van der Waals surface area contributed by atoms with Gasteiger partial charge < -0.3 is 15.4 Å². The maximum absolute atomic E-state index is 13.7. The van der Waals surface area contributed by atoms with E-state index < -0.39 is 18.0 Å². The molecule has 2 rings (SSSR count). The zero-order valence-electron chi connectivity index (χ0n) is 12.7. The highest BCUT2D eigenvalue weighted by Crippen LogP contribution is 2.32. The van der Waals surface area contributed by atoms with Gasteiger partial charge in [0.05, 0.1) is 24.2 Å². The van der Waals surface area contributed by atoms with Crippen LogP contribution in [0.3, 0.4) is 0 Å². The molecule has 0 bridgehead atoms. The van der Waals surface area contributed by atoms with E-state index in [0.717, 1.165) is 5.75 Å². The second kappa shape index (κ2) is 8.53. The highest BCUT2D eigenvalue weighted by Gasteiger charge is 2.29. The molecule has 2 atom stereocenters. The normalized spacial score (nSPS) is 19.7. The Morgan fingerprint density at radius 1 is 1.52 bits per heavy atom. The number of benzene rings is 1. The van der Waals surface area contributed by atoms with Crippen molar-refractivity contribution in [3.63, 3.8) is 0 Å². The summed E-state index contributed by atoms with van der Waals surface area (Å²) in [4.78, 5) is 14.0. The van der Waals surface area contributed by atoms with Crippen LogP contribution in [0, 0.1) is 5.82 Å². The Hall–Kier alpha value is -0.530. The smallest absolute Gasteiger partial charge is 0.239 e. The Balaban J connectivity index is 2.09.